The van der Waals surface area contributed by atoms with Crippen LogP contribution in [0.25, 0.3) is 0 Å². The van der Waals surface area contributed by atoms with E-state index in [0.717, 1.165) is 16.9 Å². The lowest BCUT2D eigenvalue weighted by molar-refractivity contribution is 0.411. The second-order valence-electron chi connectivity index (χ2n) is 4.76. The molecule has 0 atom stereocenters. The zero-order valence-corrected chi connectivity index (χ0v) is 13.0. The van der Waals surface area contributed by atoms with Crippen molar-refractivity contribution in [3.63, 3.8) is 0 Å². The van der Waals surface area contributed by atoms with Gasteiger partial charge >= 0.3 is 0 Å². The normalized spacial score (nSPS) is 11.3. The van der Waals surface area contributed by atoms with Crippen molar-refractivity contribution >= 4 is 10.0 Å². The third-order valence-electron chi connectivity index (χ3n) is 3.22. The number of aryl methyl sites for hydroxylation is 1. The minimum absolute atomic E-state index is 0.288. The van der Waals surface area contributed by atoms with E-state index in [9.17, 15) is 8.42 Å². The van der Waals surface area contributed by atoms with Gasteiger partial charge in [0, 0.05) is 6.54 Å². The molecule has 0 aliphatic heterocycles. The molecule has 0 bridgehead atoms. The second-order valence-corrected chi connectivity index (χ2v) is 6.53. The molecule has 0 aromatic heterocycles. The van der Waals surface area contributed by atoms with Gasteiger partial charge in [-0.05, 0) is 42.7 Å². The Labute approximate surface area is 125 Å². The molecular weight excluding hydrogens is 286 g/mol. The van der Waals surface area contributed by atoms with E-state index in [2.05, 4.69) is 4.72 Å². The summed E-state index contributed by atoms with van der Waals surface area (Å²) in [6.45, 7) is 2.33. The lowest BCUT2D eigenvalue weighted by atomic mass is 10.1. The van der Waals surface area contributed by atoms with Crippen LogP contribution < -0.4 is 9.46 Å². The van der Waals surface area contributed by atoms with Gasteiger partial charge in [-0.2, -0.15) is 0 Å². The van der Waals surface area contributed by atoms with E-state index in [4.69, 9.17) is 4.74 Å². The topological polar surface area (TPSA) is 55.4 Å². The predicted octanol–water partition coefficient (Wildman–Crippen LogP) is 2.52. The fourth-order valence-electron chi connectivity index (χ4n) is 2.11. The Balaban J connectivity index is 1.97. The highest BCUT2D eigenvalue weighted by atomic mass is 32.2. The number of methoxy groups -OCH3 is 1. The summed E-state index contributed by atoms with van der Waals surface area (Å²) in [7, 11) is -1.79. The van der Waals surface area contributed by atoms with Crippen molar-refractivity contribution in [3.8, 4) is 5.75 Å². The molecular formula is C16H19NO3S. The fourth-order valence-corrected chi connectivity index (χ4v) is 3.16. The van der Waals surface area contributed by atoms with E-state index < -0.39 is 10.0 Å². The van der Waals surface area contributed by atoms with Gasteiger partial charge in [0.1, 0.15) is 5.75 Å². The molecule has 0 heterocycles. The van der Waals surface area contributed by atoms with Crippen LogP contribution >= 0.6 is 0 Å². The van der Waals surface area contributed by atoms with Crippen molar-refractivity contribution in [1.82, 2.24) is 4.72 Å². The summed E-state index contributed by atoms with van der Waals surface area (Å²) in [4.78, 5) is 0.288. The van der Waals surface area contributed by atoms with Crippen LogP contribution in [-0.2, 0) is 16.4 Å². The van der Waals surface area contributed by atoms with Crippen LogP contribution in [0.15, 0.2) is 53.4 Å². The summed E-state index contributed by atoms with van der Waals surface area (Å²) in [5.41, 5.74) is 2.12. The molecule has 0 aliphatic rings. The Bertz CT molecular complexity index is 697. The lowest BCUT2D eigenvalue weighted by Crippen LogP contribution is -2.25. The van der Waals surface area contributed by atoms with Gasteiger partial charge < -0.3 is 4.74 Å². The molecule has 2 rings (SSSR count). The van der Waals surface area contributed by atoms with Gasteiger partial charge in [0.05, 0.1) is 12.0 Å². The van der Waals surface area contributed by atoms with Crippen molar-refractivity contribution in [2.24, 2.45) is 0 Å². The highest BCUT2D eigenvalue weighted by Gasteiger charge is 2.12. The summed E-state index contributed by atoms with van der Waals surface area (Å²) in [6.07, 6.45) is 0.636. The maximum Gasteiger partial charge on any atom is 0.240 e. The number of benzene rings is 2. The van der Waals surface area contributed by atoms with E-state index in [1.54, 1.807) is 37.4 Å². The highest BCUT2D eigenvalue weighted by molar-refractivity contribution is 7.89. The van der Waals surface area contributed by atoms with Crippen LogP contribution in [0.3, 0.4) is 0 Å². The molecule has 5 heteroatoms. The molecule has 0 fully saturated rings. The molecule has 2 aromatic carbocycles. The van der Waals surface area contributed by atoms with Gasteiger partial charge in [0.25, 0.3) is 0 Å². The Morgan fingerprint density at radius 1 is 1.10 bits per heavy atom. The number of sulfonamides is 1. The summed E-state index contributed by atoms with van der Waals surface area (Å²) >= 11 is 0. The third kappa shape index (κ3) is 4.06. The fraction of sp³-hybridized carbons (Fsp3) is 0.250. The first-order valence-corrected chi connectivity index (χ1v) is 8.19. The summed E-state index contributed by atoms with van der Waals surface area (Å²) in [6, 6.07) is 14.2. The molecule has 0 aliphatic carbocycles. The molecule has 0 amide bonds. The third-order valence-corrected chi connectivity index (χ3v) is 4.70. The van der Waals surface area contributed by atoms with Crippen LogP contribution in [0.2, 0.25) is 0 Å². The Morgan fingerprint density at radius 3 is 2.43 bits per heavy atom. The maximum absolute atomic E-state index is 12.1. The van der Waals surface area contributed by atoms with Crippen LogP contribution in [0.5, 0.6) is 5.75 Å². The quantitative estimate of drug-likeness (QED) is 0.892. The molecule has 0 saturated heterocycles. The van der Waals surface area contributed by atoms with Gasteiger partial charge in [0.2, 0.25) is 10.0 Å². The number of nitrogens with one attached hydrogen (secondary N) is 1. The zero-order chi connectivity index (χ0) is 15.3. The highest BCUT2D eigenvalue weighted by Crippen LogP contribution is 2.18. The summed E-state index contributed by atoms with van der Waals surface area (Å²) < 4.78 is 31.9. The molecule has 21 heavy (non-hydrogen) atoms. The van der Waals surface area contributed by atoms with Crippen LogP contribution in [0.1, 0.15) is 11.1 Å². The van der Waals surface area contributed by atoms with E-state index in [1.165, 1.54) is 0 Å². The monoisotopic (exact) mass is 305 g/mol. The standard InChI is InChI=1S/C16H19NO3S/c1-13-12-14(8-9-16(13)20-2)10-11-17-21(18,19)15-6-4-3-5-7-15/h3-9,12,17H,10-11H2,1-2H3. The largest absolute Gasteiger partial charge is 0.496 e. The van der Waals surface area contributed by atoms with Crippen molar-refractivity contribution in [2.45, 2.75) is 18.2 Å². The van der Waals surface area contributed by atoms with Gasteiger partial charge in [-0.15, -0.1) is 0 Å². The summed E-state index contributed by atoms with van der Waals surface area (Å²) in [5.74, 6) is 0.837. The minimum atomic E-state index is -3.43. The first kappa shape index (κ1) is 15.5. The van der Waals surface area contributed by atoms with E-state index in [1.807, 2.05) is 25.1 Å². The first-order chi connectivity index (χ1) is 10.0. The SMILES string of the molecule is COc1ccc(CCNS(=O)(=O)c2ccccc2)cc1C. The molecule has 0 spiro atoms. The number of hydrogen-bond donors (Lipinski definition) is 1. The van der Waals surface area contributed by atoms with Crippen molar-refractivity contribution in [2.75, 3.05) is 13.7 Å². The minimum Gasteiger partial charge on any atom is -0.496 e. The van der Waals surface area contributed by atoms with Gasteiger partial charge in [-0.25, -0.2) is 13.1 Å². The number of ether oxygens (including phenoxy) is 1. The lowest BCUT2D eigenvalue weighted by Gasteiger charge is -2.09. The average Bonchev–Trinajstić information content (AvgIpc) is 2.48. The van der Waals surface area contributed by atoms with Crippen LogP contribution in [-0.4, -0.2) is 22.1 Å². The molecule has 4 nitrogen and oxygen atoms in total. The molecule has 0 unspecified atom stereocenters. The van der Waals surface area contributed by atoms with Crippen molar-refractivity contribution < 1.29 is 13.2 Å². The Kier molecular flexibility index (Phi) is 4.98. The first-order valence-electron chi connectivity index (χ1n) is 6.71. The number of rotatable bonds is 6. The van der Waals surface area contributed by atoms with Gasteiger partial charge in [-0.1, -0.05) is 30.3 Å². The summed E-state index contributed by atoms with van der Waals surface area (Å²) in [5, 5.41) is 0. The molecule has 1 N–H and O–H groups in total. The van der Waals surface area contributed by atoms with E-state index in [-0.39, 0.29) is 4.90 Å². The zero-order valence-electron chi connectivity index (χ0n) is 12.2. The van der Waals surface area contributed by atoms with Crippen molar-refractivity contribution in [3.05, 3.63) is 59.7 Å². The van der Waals surface area contributed by atoms with Gasteiger partial charge in [-0.3, -0.25) is 0 Å². The van der Waals surface area contributed by atoms with E-state index >= 15 is 0 Å². The average molecular weight is 305 g/mol. The molecule has 0 radical (unpaired) electrons. The molecule has 112 valence electrons. The smallest absolute Gasteiger partial charge is 0.240 e. The van der Waals surface area contributed by atoms with Gasteiger partial charge in [0.15, 0.2) is 0 Å². The van der Waals surface area contributed by atoms with Crippen LogP contribution in [0.4, 0.5) is 0 Å². The molecule has 2 aromatic rings. The van der Waals surface area contributed by atoms with Crippen molar-refractivity contribution in [1.29, 1.82) is 0 Å². The Hall–Kier alpha value is -1.85. The van der Waals surface area contributed by atoms with Crippen LogP contribution in [0, 0.1) is 6.92 Å². The van der Waals surface area contributed by atoms with E-state index in [0.29, 0.717) is 13.0 Å². The predicted molar refractivity (Wildman–Crippen MR) is 83.1 cm³/mol. The number of hydrogen-bond acceptors (Lipinski definition) is 3. The molecule has 0 saturated carbocycles. The Morgan fingerprint density at radius 2 is 1.81 bits per heavy atom. The second kappa shape index (κ2) is 6.74. The maximum atomic E-state index is 12.1.